The van der Waals surface area contributed by atoms with Crippen molar-refractivity contribution in [2.24, 2.45) is 5.10 Å². The summed E-state index contributed by atoms with van der Waals surface area (Å²) < 4.78 is 59.6. The van der Waals surface area contributed by atoms with E-state index in [9.17, 15) is 22.7 Å². The molecule has 0 unspecified atom stereocenters. The highest BCUT2D eigenvalue weighted by molar-refractivity contribution is 7.14. The molecule has 3 aromatic rings. The Balaban J connectivity index is 1.64. The lowest BCUT2D eigenvalue weighted by molar-refractivity contribution is -0.254. The molecule has 166 valence electrons. The lowest BCUT2D eigenvalue weighted by Gasteiger charge is -2.32. The SMILES string of the molecule is COc1ccc(/C=C/C2=NN(c3nc(-c4ccc(F)cc4)cs3)[C@@](O)(C(F)(F)F)C2)cc1. The minimum Gasteiger partial charge on any atom is -0.497 e. The number of hydrazone groups is 1. The van der Waals surface area contributed by atoms with Gasteiger partial charge in [-0.1, -0.05) is 18.2 Å². The van der Waals surface area contributed by atoms with Gasteiger partial charge in [0, 0.05) is 10.9 Å². The number of hydrogen-bond donors (Lipinski definition) is 1. The van der Waals surface area contributed by atoms with Crippen LogP contribution in [0.5, 0.6) is 5.75 Å². The van der Waals surface area contributed by atoms with Crippen molar-refractivity contribution < 1.29 is 27.4 Å². The van der Waals surface area contributed by atoms with Crippen molar-refractivity contribution in [1.82, 2.24) is 4.98 Å². The first kappa shape index (κ1) is 22.0. The highest BCUT2D eigenvalue weighted by Crippen LogP contribution is 2.44. The molecule has 0 bridgehead atoms. The van der Waals surface area contributed by atoms with Crippen LogP contribution in [0.15, 0.2) is 65.1 Å². The second-order valence-electron chi connectivity index (χ2n) is 7.02. The molecule has 0 spiro atoms. The van der Waals surface area contributed by atoms with E-state index in [1.54, 1.807) is 30.3 Å². The van der Waals surface area contributed by atoms with Crippen LogP contribution in [0.25, 0.3) is 17.3 Å². The molecule has 1 aliphatic heterocycles. The fourth-order valence-corrected chi connectivity index (χ4v) is 3.96. The molecule has 32 heavy (non-hydrogen) atoms. The molecule has 1 aliphatic rings. The number of aliphatic hydroxyl groups is 1. The quantitative estimate of drug-likeness (QED) is 0.509. The van der Waals surface area contributed by atoms with E-state index in [0.717, 1.165) is 16.9 Å². The van der Waals surface area contributed by atoms with E-state index in [4.69, 9.17) is 4.74 Å². The number of methoxy groups -OCH3 is 1. The van der Waals surface area contributed by atoms with Crippen molar-refractivity contribution in [2.75, 3.05) is 12.1 Å². The lowest BCUT2D eigenvalue weighted by Crippen LogP contribution is -2.55. The summed E-state index contributed by atoms with van der Waals surface area (Å²) >= 11 is 0.901. The van der Waals surface area contributed by atoms with Gasteiger partial charge in [0.25, 0.3) is 5.72 Å². The third-order valence-corrected chi connectivity index (χ3v) is 5.67. The maximum absolute atomic E-state index is 13.8. The standard InChI is InChI=1S/C22H17F4N3O2S/c1-31-18-10-3-14(4-11-18)2-9-17-12-21(30,22(24,25)26)29(28-17)20-27-19(13-32-20)15-5-7-16(23)8-6-15/h2-11,13,30H,12H2,1H3/b9-2+/t21-/m0/s1. The molecular weight excluding hydrogens is 446 g/mol. The Morgan fingerprint density at radius 1 is 1.09 bits per heavy atom. The molecule has 4 rings (SSSR count). The third kappa shape index (κ3) is 4.23. The molecule has 0 amide bonds. The second-order valence-corrected chi connectivity index (χ2v) is 7.86. The molecule has 0 radical (unpaired) electrons. The van der Waals surface area contributed by atoms with Gasteiger partial charge in [-0.05, 0) is 48.0 Å². The van der Waals surface area contributed by atoms with E-state index in [-0.39, 0.29) is 10.8 Å². The van der Waals surface area contributed by atoms with E-state index in [2.05, 4.69) is 10.1 Å². The van der Waals surface area contributed by atoms with Crippen LogP contribution in [0.2, 0.25) is 0 Å². The zero-order chi connectivity index (χ0) is 22.9. The van der Waals surface area contributed by atoms with Gasteiger partial charge in [-0.3, -0.25) is 0 Å². The Kier molecular flexibility index (Phi) is 5.74. The molecule has 0 saturated carbocycles. The molecule has 2 aromatic carbocycles. The molecule has 10 heteroatoms. The summed E-state index contributed by atoms with van der Waals surface area (Å²) in [5, 5.41) is 16.4. The summed E-state index contributed by atoms with van der Waals surface area (Å²) in [5.74, 6) is 0.215. The van der Waals surface area contributed by atoms with Crippen LogP contribution in [0.4, 0.5) is 22.7 Å². The molecule has 0 fully saturated rings. The first-order chi connectivity index (χ1) is 15.2. The third-order valence-electron chi connectivity index (χ3n) is 4.86. The fourth-order valence-electron chi connectivity index (χ4n) is 3.11. The number of benzene rings is 2. The topological polar surface area (TPSA) is 58.0 Å². The number of nitrogens with zero attached hydrogens (tertiary/aromatic N) is 3. The second kappa shape index (κ2) is 8.36. The van der Waals surface area contributed by atoms with Crippen LogP contribution >= 0.6 is 11.3 Å². The molecule has 0 saturated heterocycles. The van der Waals surface area contributed by atoms with Gasteiger partial charge in [0.2, 0.25) is 5.13 Å². The van der Waals surface area contributed by atoms with Crippen molar-refractivity contribution in [3.8, 4) is 17.0 Å². The Bertz CT molecular complexity index is 1160. The Morgan fingerprint density at radius 2 is 1.78 bits per heavy atom. The zero-order valence-electron chi connectivity index (χ0n) is 16.7. The molecule has 1 atom stereocenters. The molecule has 2 heterocycles. The van der Waals surface area contributed by atoms with Gasteiger partial charge >= 0.3 is 6.18 Å². The number of allylic oxidation sites excluding steroid dienone is 1. The van der Waals surface area contributed by atoms with E-state index < -0.39 is 24.1 Å². The predicted molar refractivity (Wildman–Crippen MR) is 115 cm³/mol. The minimum atomic E-state index is -4.98. The van der Waals surface area contributed by atoms with Gasteiger partial charge < -0.3 is 9.84 Å². The van der Waals surface area contributed by atoms with E-state index in [1.165, 1.54) is 42.8 Å². The summed E-state index contributed by atoms with van der Waals surface area (Å²) in [5.41, 5.74) is -1.57. The van der Waals surface area contributed by atoms with E-state index >= 15 is 0 Å². The maximum Gasteiger partial charge on any atom is 0.438 e. The summed E-state index contributed by atoms with van der Waals surface area (Å²) in [6.07, 6.45) is -2.71. The molecule has 1 N–H and O–H groups in total. The Morgan fingerprint density at radius 3 is 2.41 bits per heavy atom. The number of alkyl halides is 3. The number of ether oxygens (including phenoxy) is 1. The van der Waals surface area contributed by atoms with Crippen molar-refractivity contribution >= 4 is 28.3 Å². The largest absolute Gasteiger partial charge is 0.497 e. The maximum atomic E-state index is 13.8. The summed E-state index contributed by atoms with van der Waals surface area (Å²) in [7, 11) is 1.53. The van der Waals surface area contributed by atoms with Crippen LogP contribution in [0.1, 0.15) is 12.0 Å². The lowest BCUT2D eigenvalue weighted by atomic mass is 10.1. The van der Waals surface area contributed by atoms with Crippen LogP contribution in [-0.2, 0) is 0 Å². The molecular formula is C22H17F4N3O2S. The van der Waals surface area contributed by atoms with Crippen LogP contribution in [-0.4, -0.2) is 34.8 Å². The normalized spacial score (nSPS) is 18.9. The average Bonchev–Trinajstić information content (AvgIpc) is 3.38. The molecule has 5 nitrogen and oxygen atoms in total. The fraction of sp³-hybridized carbons (Fsp3) is 0.182. The van der Waals surface area contributed by atoms with E-state index in [1.807, 2.05) is 0 Å². The number of anilines is 1. The first-order valence-electron chi connectivity index (χ1n) is 9.40. The number of rotatable bonds is 5. The van der Waals surface area contributed by atoms with Crippen molar-refractivity contribution in [3.05, 3.63) is 71.4 Å². The average molecular weight is 463 g/mol. The van der Waals surface area contributed by atoms with E-state index in [0.29, 0.717) is 22.0 Å². The number of hydrogen-bond acceptors (Lipinski definition) is 6. The summed E-state index contributed by atoms with van der Waals surface area (Å²) in [4.78, 5) is 4.19. The van der Waals surface area contributed by atoms with Crippen LogP contribution < -0.4 is 9.75 Å². The predicted octanol–water partition coefficient (Wildman–Crippen LogP) is 5.49. The monoisotopic (exact) mass is 463 g/mol. The number of halogens is 4. The van der Waals surface area contributed by atoms with Crippen LogP contribution in [0.3, 0.4) is 0 Å². The number of aromatic nitrogens is 1. The van der Waals surface area contributed by atoms with Gasteiger partial charge in [0.15, 0.2) is 0 Å². The Labute approximate surface area is 184 Å². The van der Waals surface area contributed by atoms with Crippen molar-refractivity contribution in [2.45, 2.75) is 18.3 Å². The Hall–Kier alpha value is -3.24. The molecule has 0 aliphatic carbocycles. The van der Waals surface area contributed by atoms with Gasteiger partial charge in [0.1, 0.15) is 11.6 Å². The van der Waals surface area contributed by atoms with Crippen LogP contribution in [0, 0.1) is 5.82 Å². The highest BCUT2D eigenvalue weighted by atomic mass is 32.1. The number of thiazole rings is 1. The van der Waals surface area contributed by atoms with Crippen molar-refractivity contribution in [3.63, 3.8) is 0 Å². The smallest absolute Gasteiger partial charge is 0.438 e. The van der Waals surface area contributed by atoms with Gasteiger partial charge in [-0.25, -0.2) is 9.37 Å². The highest BCUT2D eigenvalue weighted by Gasteiger charge is 2.62. The van der Waals surface area contributed by atoms with Crippen molar-refractivity contribution in [1.29, 1.82) is 0 Å². The summed E-state index contributed by atoms with van der Waals surface area (Å²) in [6, 6.07) is 12.3. The molecule has 1 aromatic heterocycles. The van der Waals surface area contributed by atoms with Gasteiger partial charge in [-0.2, -0.15) is 23.3 Å². The zero-order valence-corrected chi connectivity index (χ0v) is 17.5. The van der Waals surface area contributed by atoms with Gasteiger partial charge in [0.05, 0.1) is 24.9 Å². The summed E-state index contributed by atoms with van der Waals surface area (Å²) in [6.45, 7) is 0. The van der Waals surface area contributed by atoms with Gasteiger partial charge in [-0.15, -0.1) is 11.3 Å². The minimum absolute atomic E-state index is 0.0409. The first-order valence-corrected chi connectivity index (χ1v) is 10.3.